The Kier molecular flexibility index (Phi) is 11.4. The van der Waals surface area contributed by atoms with Crippen LogP contribution in [-0.4, -0.2) is 65.2 Å². The molecule has 0 aromatic heterocycles. The summed E-state index contributed by atoms with van der Waals surface area (Å²) in [4.78, 5) is 11.6. The van der Waals surface area contributed by atoms with Gasteiger partial charge in [-0.3, -0.25) is 4.79 Å². The zero-order valence-corrected chi connectivity index (χ0v) is 13.2. The van der Waals surface area contributed by atoms with E-state index in [0.717, 1.165) is 45.4 Å². The third-order valence-corrected chi connectivity index (χ3v) is 3.44. The first-order chi connectivity index (χ1) is 10.3. The third-order valence-electron chi connectivity index (χ3n) is 3.44. The topological polar surface area (TPSA) is 68.8 Å². The Hall–Kier alpha value is -0.690. The van der Waals surface area contributed by atoms with Crippen molar-refractivity contribution in [2.45, 2.75) is 38.2 Å². The molecule has 0 spiro atoms. The molecule has 1 rings (SSSR count). The molecule has 0 saturated carbocycles. The smallest absolute Gasteiger partial charge is 0.222 e. The summed E-state index contributed by atoms with van der Waals surface area (Å²) in [5.41, 5.74) is 0. The summed E-state index contributed by atoms with van der Waals surface area (Å²) in [6, 6.07) is 0. The second-order valence-corrected chi connectivity index (χ2v) is 5.23. The lowest BCUT2D eigenvalue weighted by Gasteiger charge is -2.22. The van der Waals surface area contributed by atoms with Crippen LogP contribution >= 0.6 is 0 Å². The van der Waals surface area contributed by atoms with Crippen LogP contribution in [0.15, 0.2) is 0 Å². The number of hydrogen-bond donors (Lipinski definition) is 2. The Balaban J connectivity index is 1.83. The van der Waals surface area contributed by atoms with Gasteiger partial charge in [0.05, 0.1) is 25.9 Å². The maximum Gasteiger partial charge on any atom is 0.222 e. The van der Waals surface area contributed by atoms with Gasteiger partial charge in [0.1, 0.15) is 0 Å². The SMILES string of the molecule is COCCOCCCCNC(=O)CCOC1CCNCC1. The Bertz CT molecular complexity index is 258. The first-order valence-electron chi connectivity index (χ1n) is 7.98. The van der Waals surface area contributed by atoms with E-state index in [-0.39, 0.29) is 5.91 Å². The highest BCUT2D eigenvalue weighted by Gasteiger charge is 2.13. The van der Waals surface area contributed by atoms with Crippen LogP contribution in [0.4, 0.5) is 0 Å². The molecule has 1 aliphatic rings. The molecule has 0 aromatic rings. The highest BCUT2D eigenvalue weighted by molar-refractivity contribution is 5.75. The molecule has 6 heteroatoms. The summed E-state index contributed by atoms with van der Waals surface area (Å²) in [6.07, 6.45) is 4.76. The quantitative estimate of drug-likeness (QED) is 0.520. The van der Waals surface area contributed by atoms with Crippen molar-refractivity contribution in [2.75, 3.05) is 53.2 Å². The Morgan fingerprint density at radius 2 is 1.95 bits per heavy atom. The average molecular weight is 302 g/mol. The van der Waals surface area contributed by atoms with Gasteiger partial charge in [0.15, 0.2) is 0 Å². The largest absolute Gasteiger partial charge is 0.382 e. The van der Waals surface area contributed by atoms with Gasteiger partial charge in [0.2, 0.25) is 5.91 Å². The van der Waals surface area contributed by atoms with Gasteiger partial charge in [0, 0.05) is 26.7 Å². The van der Waals surface area contributed by atoms with Crippen LogP contribution in [0.3, 0.4) is 0 Å². The average Bonchev–Trinajstić information content (AvgIpc) is 2.51. The molecule has 0 unspecified atom stereocenters. The summed E-state index contributed by atoms with van der Waals surface area (Å²) < 4.78 is 15.9. The minimum atomic E-state index is 0.0734. The maximum absolute atomic E-state index is 11.6. The Labute approximate surface area is 127 Å². The number of nitrogens with one attached hydrogen (secondary N) is 2. The standard InChI is InChI=1S/C15H30N2O4/c1-19-12-13-20-10-3-2-7-17-15(18)6-11-21-14-4-8-16-9-5-14/h14,16H,2-13H2,1H3,(H,17,18). The van der Waals surface area contributed by atoms with Gasteiger partial charge >= 0.3 is 0 Å². The molecule has 0 atom stereocenters. The molecule has 2 N–H and O–H groups in total. The number of ether oxygens (including phenoxy) is 3. The zero-order valence-electron chi connectivity index (χ0n) is 13.2. The Morgan fingerprint density at radius 3 is 2.71 bits per heavy atom. The van der Waals surface area contributed by atoms with E-state index >= 15 is 0 Å². The summed E-state index contributed by atoms with van der Waals surface area (Å²) in [6.45, 7) is 5.26. The van der Waals surface area contributed by atoms with Crippen LogP contribution in [0, 0.1) is 0 Å². The van der Waals surface area contributed by atoms with Crippen LogP contribution in [-0.2, 0) is 19.0 Å². The molecule has 21 heavy (non-hydrogen) atoms. The van der Waals surface area contributed by atoms with Crippen molar-refractivity contribution in [3.8, 4) is 0 Å². The zero-order chi connectivity index (χ0) is 15.2. The number of piperidine rings is 1. The number of carbonyl (C=O) groups is 1. The number of carbonyl (C=O) groups excluding carboxylic acids is 1. The normalized spacial score (nSPS) is 16.0. The van der Waals surface area contributed by atoms with Crippen molar-refractivity contribution in [3.05, 3.63) is 0 Å². The van der Waals surface area contributed by atoms with E-state index in [1.54, 1.807) is 7.11 Å². The molecular formula is C15H30N2O4. The van der Waals surface area contributed by atoms with Gasteiger partial charge in [-0.25, -0.2) is 0 Å². The first kappa shape index (κ1) is 18.4. The molecule has 1 heterocycles. The van der Waals surface area contributed by atoms with Gasteiger partial charge in [-0.05, 0) is 38.8 Å². The van der Waals surface area contributed by atoms with Crippen molar-refractivity contribution in [3.63, 3.8) is 0 Å². The fourth-order valence-electron chi connectivity index (χ4n) is 2.17. The first-order valence-corrected chi connectivity index (χ1v) is 7.98. The van der Waals surface area contributed by atoms with Crippen LogP contribution in [0.2, 0.25) is 0 Å². The minimum Gasteiger partial charge on any atom is -0.382 e. The number of rotatable bonds is 12. The van der Waals surface area contributed by atoms with Crippen molar-refractivity contribution < 1.29 is 19.0 Å². The summed E-state index contributed by atoms with van der Waals surface area (Å²) in [5.74, 6) is 0.0734. The van der Waals surface area contributed by atoms with E-state index in [9.17, 15) is 4.79 Å². The fraction of sp³-hybridized carbons (Fsp3) is 0.933. The van der Waals surface area contributed by atoms with Gasteiger partial charge in [0.25, 0.3) is 0 Å². The van der Waals surface area contributed by atoms with Gasteiger partial charge in [-0.1, -0.05) is 0 Å². The number of hydrogen-bond acceptors (Lipinski definition) is 5. The fourth-order valence-corrected chi connectivity index (χ4v) is 2.17. The van der Waals surface area contributed by atoms with E-state index < -0.39 is 0 Å². The van der Waals surface area contributed by atoms with E-state index in [0.29, 0.717) is 38.9 Å². The molecule has 6 nitrogen and oxygen atoms in total. The Morgan fingerprint density at radius 1 is 1.14 bits per heavy atom. The predicted octanol–water partition coefficient (Wildman–Crippen LogP) is 0.705. The van der Waals surface area contributed by atoms with E-state index in [2.05, 4.69) is 10.6 Å². The van der Waals surface area contributed by atoms with Crippen molar-refractivity contribution in [1.29, 1.82) is 0 Å². The molecule has 0 aliphatic carbocycles. The highest BCUT2D eigenvalue weighted by atomic mass is 16.5. The second-order valence-electron chi connectivity index (χ2n) is 5.23. The maximum atomic E-state index is 11.6. The lowest BCUT2D eigenvalue weighted by Crippen LogP contribution is -2.33. The molecule has 0 aromatic carbocycles. The summed E-state index contributed by atoms with van der Waals surface area (Å²) in [7, 11) is 1.66. The number of methoxy groups -OCH3 is 1. The lowest BCUT2D eigenvalue weighted by atomic mass is 10.1. The molecule has 1 aliphatic heterocycles. The van der Waals surface area contributed by atoms with E-state index in [1.807, 2.05) is 0 Å². The second kappa shape index (κ2) is 13.0. The van der Waals surface area contributed by atoms with Crippen LogP contribution in [0.25, 0.3) is 0 Å². The molecule has 1 saturated heterocycles. The van der Waals surface area contributed by atoms with Gasteiger partial charge < -0.3 is 24.8 Å². The van der Waals surface area contributed by atoms with Gasteiger partial charge in [-0.2, -0.15) is 0 Å². The minimum absolute atomic E-state index is 0.0734. The molecule has 0 bridgehead atoms. The third kappa shape index (κ3) is 10.6. The monoisotopic (exact) mass is 302 g/mol. The molecule has 1 fully saturated rings. The number of unbranched alkanes of at least 4 members (excludes halogenated alkanes) is 1. The molecule has 0 radical (unpaired) electrons. The van der Waals surface area contributed by atoms with Crippen molar-refractivity contribution in [1.82, 2.24) is 10.6 Å². The van der Waals surface area contributed by atoms with Crippen LogP contribution < -0.4 is 10.6 Å². The predicted molar refractivity (Wildman–Crippen MR) is 81.4 cm³/mol. The molecule has 1 amide bonds. The van der Waals surface area contributed by atoms with E-state index in [4.69, 9.17) is 14.2 Å². The summed E-state index contributed by atoms with van der Waals surface area (Å²) >= 11 is 0. The number of amides is 1. The summed E-state index contributed by atoms with van der Waals surface area (Å²) in [5, 5.41) is 6.20. The lowest BCUT2D eigenvalue weighted by molar-refractivity contribution is -0.122. The van der Waals surface area contributed by atoms with Crippen LogP contribution in [0.1, 0.15) is 32.1 Å². The highest BCUT2D eigenvalue weighted by Crippen LogP contribution is 2.07. The molecule has 124 valence electrons. The van der Waals surface area contributed by atoms with E-state index in [1.165, 1.54) is 0 Å². The van der Waals surface area contributed by atoms with Crippen LogP contribution in [0.5, 0.6) is 0 Å². The van der Waals surface area contributed by atoms with Crippen molar-refractivity contribution in [2.24, 2.45) is 0 Å². The van der Waals surface area contributed by atoms with Crippen molar-refractivity contribution >= 4 is 5.91 Å². The molecular weight excluding hydrogens is 272 g/mol. The van der Waals surface area contributed by atoms with Gasteiger partial charge in [-0.15, -0.1) is 0 Å².